The van der Waals surface area contributed by atoms with Crippen LogP contribution in [-0.2, 0) is 0 Å². The third-order valence-corrected chi connectivity index (χ3v) is 2.86. The van der Waals surface area contributed by atoms with Gasteiger partial charge < -0.3 is 5.11 Å². The molecule has 0 spiro atoms. The molecule has 1 aromatic heterocycles. The summed E-state index contributed by atoms with van der Waals surface area (Å²) in [6.45, 7) is 4.24. The van der Waals surface area contributed by atoms with E-state index in [4.69, 9.17) is 5.11 Å². The molecule has 0 saturated heterocycles. The molecule has 0 unspecified atom stereocenters. The number of hydrogen-bond donors (Lipinski definition) is 1. The van der Waals surface area contributed by atoms with E-state index in [9.17, 15) is 4.79 Å². The number of aromatic nitrogens is 1. The summed E-state index contributed by atoms with van der Waals surface area (Å²) >= 11 is 1.59. The quantitative estimate of drug-likeness (QED) is 0.777. The molecule has 14 heavy (non-hydrogen) atoms. The molecule has 0 amide bonds. The van der Waals surface area contributed by atoms with Crippen LogP contribution in [0.3, 0.4) is 0 Å². The molecule has 76 valence electrons. The van der Waals surface area contributed by atoms with Gasteiger partial charge in [-0.3, -0.25) is 0 Å². The van der Waals surface area contributed by atoms with Gasteiger partial charge in [-0.15, -0.1) is 11.8 Å². The molecule has 1 heterocycles. The molecule has 1 rings (SSSR count). The zero-order valence-corrected chi connectivity index (χ0v) is 9.04. The van der Waals surface area contributed by atoms with Gasteiger partial charge in [0.1, 0.15) is 5.69 Å². The predicted molar refractivity (Wildman–Crippen MR) is 56.8 cm³/mol. The number of carbonyl (C=O) groups is 1. The van der Waals surface area contributed by atoms with E-state index < -0.39 is 5.97 Å². The molecular weight excluding hydrogens is 198 g/mol. The Balaban J connectivity index is 2.69. The minimum atomic E-state index is -0.975. The number of nitrogens with zero attached hydrogens (tertiary/aromatic N) is 1. The molecule has 3 nitrogen and oxygen atoms in total. The van der Waals surface area contributed by atoms with Crippen molar-refractivity contribution in [3.05, 3.63) is 23.9 Å². The zero-order chi connectivity index (χ0) is 10.6. The second kappa shape index (κ2) is 5.00. The molecule has 4 heteroatoms. The van der Waals surface area contributed by atoms with Crippen molar-refractivity contribution in [3.8, 4) is 0 Å². The standard InChI is InChI=1S/C10H13NO2S/c1-7(2)6-14-9-5-3-4-8(11-9)10(12)13/h3-5,7H,6H2,1-2H3,(H,12,13). The van der Waals surface area contributed by atoms with Gasteiger partial charge in [0.15, 0.2) is 0 Å². The summed E-state index contributed by atoms with van der Waals surface area (Å²) in [6.07, 6.45) is 0. The number of hydrogen-bond acceptors (Lipinski definition) is 3. The summed E-state index contributed by atoms with van der Waals surface area (Å²) < 4.78 is 0. The Kier molecular flexibility index (Phi) is 3.95. The van der Waals surface area contributed by atoms with Crippen LogP contribution >= 0.6 is 11.8 Å². The Hall–Kier alpha value is -1.03. The summed E-state index contributed by atoms with van der Waals surface area (Å²) in [7, 11) is 0. The number of thioether (sulfide) groups is 1. The molecule has 0 aliphatic rings. The molecule has 0 aromatic carbocycles. The van der Waals surface area contributed by atoms with Crippen molar-refractivity contribution in [2.45, 2.75) is 18.9 Å². The Bertz CT molecular complexity index is 326. The van der Waals surface area contributed by atoms with Crippen molar-refractivity contribution in [1.82, 2.24) is 4.98 Å². The lowest BCUT2D eigenvalue weighted by atomic mass is 10.3. The molecule has 1 aromatic rings. The van der Waals surface area contributed by atoms with Crippen LogP contribution in [-0.4, -0.2) is 21.8 Å². The maximum atomic E-state index is 10.6. The van der Waals surface area contributed by atoms with E-state index in [1.54, 1.807) is 17.8 Å². The van der Waals surface area contributed by atoms with Gasteiger partial charge in [-0.05, 0) is 18.1 Å². The normalized spacial score (nSPS) is 10.5. The minimum Gasteiger partial charge on any atom is -0.477 e. The van der Waals surface area contributed by atoms with Gasteiger partial charge in [0.2, 0.25) is 0 Å². The molecule has 1 N–H and O–H groups in total. The van der Waals surface area contributed by atoms with Crippen LogP contribution in [0, 0.1) is 5.92 Å². The molecule has 0 bridgehead atoms. The molecule has 0 saturated carbocycles. The highest BCUT2D eigenvalue weighted by atomic mass is 32.2. The monoisotopic (exact) mass is 211 g/mol. The average Bonchev–Trinajstić information content (AvgIpc) is 2.15. The highest BCUT2D eigenvalue weighted by molar-refractivity contribution is 7.99. The Morgan fingerprint density at radius 1 is 1.57 bits per heavy atom. The van der Waals surface area contributed by atoms with Crippen molar-refractivity contribution in [2.75, 3.05) is 5.75 Å². The van der Waals surface area contributed by atoms with E-state index in [1.807, 2.05) is 6.07 Å². The number of carboxylic acids is 1. The van der Waals surface area contributed by atoms with Crippen LogP contribution in [0.2, 0.25) is 0 Å². The van der Waals surface area contributed by atoms with Crippen molar-refractivity contribution in [3.63, 3.8) is 0 Å². The maximum absolute atomic E-state index is 10.6. The van der Waals surface area contributed by atoms with Crippen LogP contribution in [0.1, 0.15) is 24.3 Å². The van der Waals surface area contributed by atoms with Crippen molar-refractivity contribution >= 4 is 17.7 Å². The van der Waals surface area contributed by atoms with Gasteiger partial charge in [-0.25, -0.2) is 9.78 Å². The summed E-state index contributed by atoms with van der Waals surface area (Å²) in [6, 6.07) is 5.06. The fourth-order valence-electron chi connectivity index (χ4n) is 0.866. The number of carboxylic acid groups (broad SMARTS) is 1. The maximum Gasteiger partial charge on any atom is 0.354 e. The summed E-state index contributed by atoms with van der Waals surface area (Å²) in [5.74, 6) is 0.558. The highest BCUT2D eigenvalue weighted by Gasteiger charge is 2.05. The summed E-state index contributed by atoms with van der Waals surface area (Å²) in [4.78, 5) is 14.6. The minimum absolute atomic E-state index is 0.110. The second-order valence-corrected chi connectivity index (χ2v) is 4.41. The molecule has 0 fully saturated rings. The van der Waals surface area contributed by atoms with Gasteiger partial charge in [-0.2, -0.15) is 0 Å². The van der Waals surface area contributed by atoms with E-state index in [0.29, 0.717) is 5.92 Å². The lowest BCUT2D eigenvalue weighted by Crippen LogP contribution is -2.00. The largest absolute Gasteiger partial charge is 0.477 e. The van der Waals surface area contributed by atoms with Crippen LogP contribution in [0.25, 0.3) is 0 Å². The highest BCUT2D eigenvalue weighted by Crippen LogP contribution is 2.18. The lowest BCUT2D eigenvalue weighted by molar-refractivity contribution is 0.0689. The topological polar surface area (TPSA) is 50.2 Å². The Morgan fingerprint density at radius 3 is 2.86 bits per heavy atom. The third kappa shape index (κ3) is 3.38. The predicted octanol–water partition coefficient (Wildman–Crippen LogP) is 2.53. The summed E-state index contributed by atoms with van der Waals surface area (Å²) in [5.41, 5.74) is 0.110. The van der Waals surface area contributed by atoms with E-state index in [2.05, 4.69) is 18.8 Å². The molecule has 0 aliphatic carbocycles. The Labute approximate surface area is 87.6 Å². The van der Waals surface area contributed by atoms with Gasteiger partial charge >= 0.3 is 5.97 Å². The van der Waals surface area contributed by atoms with Crippen LogP contribution in [0.4, 0.5) is 0 Å². The molecule has 0 aliphatic heterocycles. The lowest BCUT2D eigenvalue weighted by Gasteiger charge is -2.03. The smallest absolute Gasteiger partial charge is 0.354 e. The average molecular weight is 211 g/mol. The van der Waals surface area contributed by atoms with Crippen LogP contribution < -0.4 is 0 Å². The SMILES string of the molecule is CC(C)CSc1cccc(C(=O)O)n1. The first kappa shape index (κ1) is 11.0. The van der Waals surface area contributed by atoms with Gasteiger partial charge in [0.05, 0.1) is 5.03 Å². The first-order valence-electron chi connectivity index (χ1n) is 4.42. The van der Waals surface area contributed by atoms with Crippen molar-refractivity contribution < 1.29 is 9.90 Å². The van der Waals surface area contributed by atoms with Crippen molar-refractivity contribution in [2.24, 2.45) is 5.92 Å². The van der Waals surface area contributed by atoms with E-state index in [1.165, 1.54) is 6.07 Å². The van der Waals surface area contributed by atoms with Crippen LogP contribution in [0.5, 0.6) is 0 Å². The van der Waals surface area contributed by atoms with Crippen LogP contribution in [0.15, 0.2) is 23.2 Å². The first-order valence-corrected chi connectivity index (χ1v) is 5.41. The van der Waals surface area contributed by atoms with E-state index in [-0.39, 0.29) is 5.69 Å². The third-order valence-electron chi connectivity index (χ3n) is 1.51. The van der Waals surface area contributed by atoms with Gasteiger partial charge in [0.25, 0.3) is 0 Å². The number of rotatable bonds is 4. The fourth-order valence-corrected chi connectivity index (χ4v) is 1.71. The fraction of sp³-hybridized carbons (Fsp3) is 0.400. The number of pyridine rings is 1. The first-order chi connectivity index (χ1) is 6.59. The Morgan fingerprint density at radius 2 is 2.29 bits per heavy atom. The molecule has 0 atom stereocenters. The summed E-state index contributed by atoms with van der Waals surface area (Å²) in [5, 5.41) is 9.49. The van der Waals surface area contributed by atoms with Crippen molar-refractivity contribution in [1.29, 1.82) is 0 Å². The second-order valence-electron chi connectivity index (χ2n) is 3.37. The van der Waals surface area contributed by atoms with E-state index >= 15 is 0 Å². The zero-order valence-electron chi connectivity index (χ0n) is 8.23. The molecule has 0 radical (unpaired) electrons. The van der Waals surface area contributed by atoms with Gasteiger partial charge in [0, 0.05) is 5.75 Å². The molecular formula is C10H13NO2S. The number of aromatic carboxylic acids is 1. The van der Waals surface area contributed by atoms with E-state index in [0.717, 1.165) is 10.8 Å². The van der Waals surface area contributed by atoms with Gasteiger partial charge in [-0.1, -0.05) is 19.9 Å².